The van der Waals surface area contributed by atoms with Crippen molar-refractivity contribution in [3.63, 3.8) is 0 Å². The highest BCUT2D eigenvalue weighted by molar-refractivity contribution is 6.30. The monoisotopic (exact) mass is 295 g/mol. The summed E-state index contributed by atoms with van der Waals surface area (Å²) in [5.41, 5.74) is 1.68. The van der Waals surface area contributed by atoms with Crippen molar-refractivity contribution in [2.24, 2.45) is 7.05 Å². The van der Waals surface area contributed by atoms with Gasteiger partial charge >= 0.3 is 0 Å². The second kappa shape index (κ2) is 6.86. The number of benzene rings is 1. The maximum Gasteiger partial charge on any atom is 0.126 e. The molecule has 0 aliphatic heterocycles. The topological polar surface area (TPSA) is 29.9 Å². The Morgan fingerprint density at radius 1 is 1.45 bits per heavy atom. The molecule has 1 heterocycles. The number of hydrogen-bond acceptors (Lipinski definition) is 2. The zero-order valence-corrected chi connectivity index (χ0v) is 12.5. The van der Waals surface area contributed by atoms with Crippen LogP contribution in [0.5, 0.6) is 0 Å². The SMILES string of the molecule is CCCNC(Cc1cc(Cl)ccc1F)c1cnn(C)c1. The number of halogens is 2. The van der Waals surface area contributed by atoms with Crippen LogP contribution in [0.15, 0.2) is 30.6 Å². The van der Waals surface area contributed by atoms with Gasteiger partial charge in [-0.25, -0.2) is 4.39 Å². The van der Waals surface area contributed by atoms with Gasteiger partial charge in [0.05, 0.1) is 6.20 Å². The Bertz CT molecular complexity index is 568. The first-order valence-corrected chi connectivity index (χ1v) is 7.13. The summed E-state index contributed by atoms with van der Waals surface area (Å²) in [5.74, 6) is -0.221. The summed E-state index contributed by atoms with van der Waals surface area (Å²) in [5, 5.41) is 8.17. The molecule has 5 heteroatoms. The van der Waals surface area contributed by atoms with Crippen LogP contribution < -0.4 is 5.32 Å². The second-order valence-corrected chi connectivity index (χ2v) is 5.33. The highest BCUT2D eigenvalue weighted by atomic mass is 35.5. The Morgan fingerprint density at radius 2 is 2.25 bits per heavy atom. The quantitative estimate of drug-likeness (QED) is 0.884. The third-order valence-corrected chi connectivity index (χ3v) is 3.43. The molecule has 0 bridgehead atoms. The first-order valence-electron chi connectivity index (χ1n) is 6.76. The summed E-state index contributed by atoms with van der Waals surface area (Å²) in [7, 11) is 1.88. The van der Waals surface area contributed by atoms with Crippen molar-refractivity contribution < 1.29 is 4.39 Å². The van der Waals surface area contributed by atoms with Gasteiger partial charge in [-0.05, 0) is 43.1 Å². The minimum Gasteiger partial charge on any atom is -0.310 e. The third-order valence-electron chi connectivity index (χ3n) is 3.20. The zero-order chi connectivity index (χ0) is 14.5. The Labute approximate surface area is 123 Å². The Hall–Kier alpha value is -1.39. The molecule has 2 rings (SSSR count). The Balaban J connectivity index is 2.21. The normalized spacial score (nSPS) is 12.6. The van der Waals surface area contributed by atoms with E-state index >= 15 is 0 Å². The highest BCUT2D eigenvalue weighted by Crippen LogP contribution is 2.22. The lowest BCUT2D eigenvalue weighted by Gasteiger charge is -2.17. The minimum absolute atomic E-state index is 0.0385. The van der Waals surface area contributed by atoms with Gasteiger partial charge in [0.15, 0.2) is 0 Å². The van der Waals surface area contributed by atoms with Gasteiger partial charge in [0.1, 0.15) is 5.82 Å². The molecule has 20 heavy (non-hydrogen) atoms. The molecule has 0 radical (unpaired) electrons. The molecule has 1 aromatic carbocycles. The second-order valence-electron chi connectivity index (χ2n) is 4.89. The molecular formula is C15H19ClFN3. The van der Waals surface area contributed by atoms with E-state index in [1.165, 1.54) is 6.07 Å². The molecule has 1 N–H and O–H groups in total. The Kier molecular flexibility index (Phi) is 5.15. The summed E-state index contributed by atoms with van der Waals surface area (Å²) < 4.78 is 15.6. The zero-order valence-electron chi connectivity index (χ0n) is 11.7. The average molecular weight is 296 g/mol. The predicted octanol–water partition coefficient (Wildman–Crippen LogP) is 3.50. The molecule has 0 amide bonds. The summed E-state index contributed by atoms with van der Waals surface area (Å²) >= 11 is 5.95. The fourth-order valence-electron chi connectivity index (χ4n) is 2.17. The van der Waals surface area contributed by atoms with Crippen molar-refractivity contribution >= 4 is 11.6 Å². The van der Waals surface area contributed by atoms with Crippen LogP contribution in [0.25, 0.3) is 0 Å². The van der Waals surface area contributed by atoms with Gasteiger partial charge in [-0.3, -0.25) is 4.68 Å². The molecule has 0 saturated carbocycles. The van der Waals surface area contributed by atoms with Crippen molar-refractivity contribution in [2.75, 3.05) is 6.54 Å². The van der Waals surface area contributed by atoms with E-state index in [1.54, 1.807) is 16.8 Å². The van der Waals surface area contributed by atoms with Gasteiger partial charge in [0.25, 0.3) is 0 Å². The van der Waals surface area contributed by atoms with Gasteiger partial charge in [0.2, 0.25) is 0 Å². The number of nitrogens with one attached hydrogen (secondary N) is 1. The molecule has 0 aliphatic rings. The maximum atomic E-state index is 13.9. The van der Waals surface area contributed by atoms with E-state index in [2.05, 4.69) is 17.3 Å². The summed E-state index contributed by atoms with van der Waals surface area (Å²) in [6, 6.07) is 4.71. The lowest BCUT2D eigenvalue weighted by atomic mass is 10.0. The summed E-state index contributed by atoms with van der Waals surface area (Å²) in [6.45, 7) is 2.98. The standard InChI is InChI=1S/C15H19ClFN3/c1-3-6-18-15(12-9-19-20(2)10-12)8-11-7-13(16)4-5-14(11)17/h4-5,7,9-10,15,18H,3,6,8H2,1-2H3. The summed E-state index contributed by atoms with van der Waals surface area (Å²) in [6.07, 6.45) is 5.35. The molecule has 0 spiro atoms. The van der Waals surface area contributed by atoms with Crippen LogP contribution in [-0.4, -0.2) is 16.3 Å². The van der Waals surface area contributed by atoms with Crippen LogP contribution in [0.2, 0.25) is 5.02 Å². The van der Waals surface area contributed by atoms with Crippen molar-refractivity contribution in [3.05, 3.63) is 52.6 Å². The molecule has 1 aromatic heterocycles. The molecule has 0 saturated heterocycles. The molecular weight excluding hydrogens is 277 g/mol. The highest BCUT2D eigenvalue weighted by Gasteiger charge is 2.15. The van der Waals surface area contributed by atoms with Crippen molar-refractivity contribution in [2.45, 2.75) is 25.8 Å². The van der Waals surface area contributed by atoms with Crippen LogP contribution in [0.4, 0.5) is 4.39 Å². The number of hydrogen-bond donors (Lipinski definition) is 1. The molecule has 108 valence electrons. The van der Waals surface area contributed by atoms with Crippen LogP contribution in [0.3, 0.4) is 0 Å². The van der Waals surface area contributed by atoms with E-state index in [-0.39, 0.29) is 11.9 Å². The minimum atomic E-state index is -0.221. The summed E-state index contributed by atoms with van der Waals surface area (Å²) in [4.78, 5) is 0. The van der Waals surface area contributed by atoms with E-state index < -0.39 is 0 Å². The first kappa shape index (κ1) is 15.0. The number of aromatic nitrogens is 2. The van der Waals surface area contributed by atoms with Gasteiger partial charge in [0, 0.05) is 29.9 Å². The van der Waals surface area contributed by atoms with Crippen molar-refractivity contribution in [3.8, 4) is 0 Å². The van der Waals surface area contributed by atoms with Crippen molar-refractivity contribution in [1.29, 1.82) is 0 Å². The predicted molar refractivity (Wildman–Crippen MR) is 79.4 cm³/mol. The average Bonchev–Trinajstić information content (AvgIpc) is 2.85. The lowest BCUT2D eigenvalue weighted by molar-refractivity contribution is 0.512. The van der Waals surface area contributed by atoms with Crippen LogP contribution >= 0.6 is 11.6 Å². The van der Waals surface area contributed by atoms with Gasteiger partial charge in [-0.15, -0.1) is 0 Å². The molecule has 0 aliphatic carbocycles. The fraction of sp³-hybridized carbons (Fsp3) is 0.400. The van der Waals surface area contributed by atoms with Crippen LogP contribution in [-0.2, 0) is 13.5 Å². The van der Waals surface area contributed by atoms with Crippen LogP contribution in [0.1, 0.15) is 30.5 Å². The number of aryl methyl sites for hydroxylation is 1. The smallest absolute Gasteiger partial charge is 0.126 e. The largest absolute Gasteiger partial charge is 0.310 e. The van der Waals surface area contributed by atoms with Gasteiger partial charge in [-0.1, -0.05) is 18.5 Å². The van der Waals surface area contributed by atoms with Gasteiger partial charge in [-0.2, -0.15) is 5.10 Å². The molecule has 1 atom stereocenters. The molecule has 0 fully saturated rings. The number of rotatable bonds is 6. The van der Waals surface area contributed by atoms with E-state index in [0.717, 1.165) is 18.5 Å². The van der Waals surface area contributed by atoms with E-state index in [0.29, 0.717) is 17.0 Å². The van der Waals surface area contributed by atoms with Crippen molar-refractivity contribution in [1.82, 2.24) is 15.1 Å². The van der Waals surface area contributed by atoms with Crippen LogP contribution in [0, 0.1) is 5.82 Å². The Morgan fingerprint density at radius 3 is 2.90 bits per heavy atom. The lowest BCUT2D eigenvalue weighted by Crippen LogP contribution is -2.24. The molecule has 1 unspecified atom stereocenters. The molecule has 2 aromatic rings. The molecule has 3 nitrogen and oxygen atoms in total. The van der Waals surface area contributed by atoms with E-state index in [1.807, 2.05) is 19.4 Å². The van der Waals surface area contributed by atoms with Gasteiger partial charge < -0.3 is 5.32 Å². The third kappa shape index (κ3) is 3.81. The van der Waals surface area contributed by atoms with E-state index in [9.17, 15) is 4.39 Å². The fourth-order valence-corrected chi connectivity index (χ4v) is 2.36. The first-order chi connectivity index (χ1) is 9.60. The number of nitrogens with zero attached hydrogens (tertiary/aromatic N) is 2. The maximum absolute atomic E-state index is 13.9. The van der Waals surface area contributed by atoms with E-state index in [4.69, 9.17) is 11.6 Å².